The Bertz CT molecular complexity index is 751. The molecule has 0 saturated heterocycles. The summed E-state index contributed by atoms with van der Waals surface area (Å²) >= 11 is 7.75. The molecule has 1 fully saturated rings. The number of aliphatic hydroxyl groups excluding tert-OH is 1. The number of aliphatic hydroxyl groups is 2. The van der Waals surface area contributed by atoms with E-state index in [-0.39, 0.29) is 11.2 Å². The normalized spacial score (nSPS) is 24.3. The number of rotatable bonds is 6. The number of ether oxygens (including phenoxy) is 1. The molecule has 1 aliphatic rings. The smallest absolute Gasteiger partial charge is 0.191 e. The Kier molecular flexibility index (Phi) is 5.50. The third-order valence-electron chi connectivity index (χ3n) is 3.93. The van der Waals surface area contributed by atoms with Crippen molar-refractivity contribution < 1.29 is 14.9 Å². The van der Waals surface area contributed by atoms with Gasteiger partial charge in [-0.1, -0.05) is 35.5 Å². The summed E-state index contributed by atoms with van der Waals surface area (Å²) in [5, 5.41) is 29.2. The maximum absolute atomic E-state index is 10.3. The monoisotopic (exact) mass is 387 g/mol. The quantitative estimate of drug-likeness (QED) is 0.336. The molecular weight excluding hydrogens is 366 g/mol. The van der Waals surface area contributed by atoms with Crippen LogP contribution in [0.1, 0.15) is 46.1 Å². The number of nitrogens with zero attached hydrogens (tertiary/aromatic N) is 5. The predicted octanol–water partition coefficient (Wildman–Crippen LogP) is 2.19. The van der Waals surface area contributed by atoms with Gasteiger partial charge in [0.2, 0.25) is 0 Å². The summed E-state index contributed by atoms with van der Waals surface area (Å²) < 4.78 is 7.21. The Morgan fingerprint density at radius 1 is 1.36 bits per heavy atom. The average molecular weight is 388 g/mol. The molecule has 2 heterocycles. The van der Waals surface area contributed by atoms with Crippen LogP contribution in [0, 0.1) is 0 Å². The molecule has 1 aliphatic carbocycles. The van der Waals surface area contributed by atoms with Crippen LogP contribution in [-0.2, 0) is 4.74 Å². The van der Waals surface area contributed by atoms with Crippen molar-refractivity contribution in [3.05, 3.63) is 5.15 Å². The largest absolute Gasteiger partial charge is 0.390 e. The van der Waals surface area contributed by atoms with Crippen LogP contribution in [0.5, 0.6) is 0 Å². The van der Waals surface area contributed by atoms with E-state index in [0.29, 0.717) is 29.2 Å². The van der Waals surface area contributed by atoms with E-state index >= 15 is 0 Å². The molecule has 2 aromatic rings. The lowest BCUT2D eigenvalue weighted by Gasteiger charge is -2.25. The second-order valence-corrected chi connectivity index (χ2v) is 8.07. The number of hydrogen-bond donors (Lipinski definition) is 2. The molecule has 138 valence electrons. The summed E-state index contributed by atoms with van der Waals surface area (Å²) in [5.41, 5.74) is 1.00. The summed E-state index contributed by atoms with van der Waals surface area (Å²) in [6.45, 7) is 5.17. The standard InChI is InChI=1S/C15H22ClN5O3S/c1-4-5-25-14-17-12(16)11-13(18-14)21(20-19-11)8-6-9(22)10(7-8)24-15(2,3)23/h8-10,22-23H,4-7H2,1-3H3/t8-,9+,10?/m1/s1. The fourth-order valence-corrected chi connectivity index (χ4v) is 3.88. The zero-order chi connectivity index (χ0) is 18.2. The Balaban J connectivity index is 1.87. The molecule has 1 saturated carbocycles. The molecule has 8 nitrogen and oxygen atoms in total. The van der Waals surface area contributed by atoms with Gasteiger partial charge in [-0.25, -0.2) is 14.6 Å². The van der Waals surface area contributed by atoms with Gasteiger partial charge in [0.1, 0.15) is 0 Å². The van der Waals surface area contributed by atoms with Crippen LogP contribution in [0.4, 0.5) is 0 Å². The first-order valence-electron chi connectivity index (χ1n) is 8.28. The third-order valence-corrected chi connectivity index (χ3v) is 5.25. The van der Waals surface area contributed by atoms with Crippen molar-refractivity contribution in [2.45, 2.75) is 69.2 Å². The molecule has 0 aliphatic heterocycles. The van der Waals surface area contributed by atoms with E-state index in [2.05, 4.69) is 27.2 Å². The molecule has 3 atom stereocenters. The summed E-state index contributed by atoms with van der Waals surface area (Å²) in [4.78, 5) is 8.79. The molecule has 2 aromatic heterocycles. The van der Waals surface area contributed by atoms with Gasteiger partial charge in [0.25, 0.3) is 0 Å². The number of aromatic nitrogens is 5. The Labute approximate surface area is 154 Å². The van der Waals surface area contributed by atoms with Gasteiger partial charge in [0.05, 0.1) is 18.2 Å². The molecule has 0 amide bonds. The molecule has 0 radical (unpaired) electrons. The van der Waals surface area contributed by atoms with E-state index in [0.717, 1.165) is 12.2 Å². The fourth-order valence-electron chi connectivity index (χ4n) is 2.93. The highest BCUT2D eigenvalue weighted by atomic mass is 35.5. The molecular formula is C15H22ClN5O3S. The summed E-state index contributed by atoms with van der Waals surface area (Å²) in [5.74, 6) is -0.409. The minimum Gasteiger partial charge on any atom is -0.390 e. The van der Waals surface area contributed by atoms with Crippen molar-refractivity contribution in [2.75, 3.05) is 5.75 Å². The van der Waals surface area contributed by atoms with Crippen molar-refractivity contribution in [2.24, 2.45) is 0 Å². The lowest BCUT2D eigenvalue weighted by molar-refractivity contribution is -0.219. The minimum absolute atomic E-state index is 0.137. The Morgan fingerprint density at radius 2 is 2.12 bits per heavy atom. The Hall–Kier alpha value is -1.00. The number of fused-ring (bicyclic) bond motifs is 1. The zero-order valence-corrected chi connectivity index (χ0v) is 16.0. The lowest BCUT2D eigenvalue weighted by Crippen LogP contribution is -2.34. The molecule has 0 spiro atoms. The molecule has 10 heteroatoms. The maximum atomic E-state index is 10.3. The fraction of sp³-hybridized carbons (Fsp3) is 0.733. The zero-order valence-electron chi connectivity index (χ0n) is 14.4. The van der Waals surface area contributed by atoms with Crippen LogP contribution in [0.15, 0.2) is 5.16 Å². The molecule has 1 unspecified atom stereocenters. The van der Waals surface area contributed by atoms with E-state index in [1.54, 1.807) is 18.5 Å². The van der Waals surface area contributed by atoms with E-state index < -0.39 is 18.0 Å². The van der Waals surface area contributed by atoms with E-state index in [1.165, 1.54) is 11.8 Å². The highest BCUT2D eigenvalue weighted by Gasteiger charge is 2.39. The number of halogens is 1. The molecule has 2 N–H and O–H groups in total. The highest BCUT2D eigenvalue weighted by Crippen LogP contribution is 2.35. The van der Waals surface area contributed by atoms with Crippen molar-refractivity contribution >= 4 is 34.5 Å². The molecule has 25 heavy (non-hydrogen) atoms. The first-order valence-corrected chi connectivity index (χ1v) is 9.64. The molecule has 3 rings (SSSR count). The van der Waals surface area contributed by atoms with Gasteiger partial charge in [-0.05, 0) is 33.1 Å². The average Bonchev–Trinajstić information content (AvgIpc) is 3.08. The summed E-state index contributed by atoms with van der Waals surface area (Å²) in [6, 6.07) is -0.137. The van der Waals surface area contributed by atoms with Crippen molar-refractivity contribution in [1.82, 2.24) is 25.0 Å². The van der Waals surface area contributed by atoms with Crippen LogP contribution in [0.25, 0.3) is 11.2 Å². The highest BCUT2D eigenvalue weighted by molar-refractivity contribution is 7.99. The van der Waals surface area contributed by atoms with Gasteiger partial charge in [-0.3, -0.25) is 0 Å². The van der Waals surface area contributed by atoms with Crippen molar-refractivity contribution in [1.29, 1.82) is 0 Å². The van der Waals surface area contributed by atoms with Gasteiger partial charge in [0, 0.05) is 5.75 Å². The van der Waals surface area contributed by atoms with Gasteiger partial charge >= 0.3 is 0 Å². The molecule has 0 bridgehead atoms. The van der Waals surface area contributed by atoms with Gasteiger partial charge in [-0.2, -0.15) is 0 Å². The van der Waals surface area contributed by atoms with E-state index in [4.69, 9.17) is 16.3 Å². The van der Waals surface area contributed by atoms with Crippen LogP contribution < -0.4 is 0 Å². The molecule has 0 aromatic carbocycles. The second kappa shape index (κ2) is 7.32. The van der Waals surface area contributed by atoms with E-state index in [9.17, 15) is 10.2 Å². The third kappa shape index (κ3) is 4.22. The van der Waals surface area contributed by atoms with Crippen LogP contribution in [-0.4, -0.2) is 58.9 Å². The summed E-state index contributed by atoms with van der Waals surface area (Å²) in [6.07, 6.45) is 0.782. The first-order chi connectivity index (χ1) is 11.8. The van der Waals surface area contributed by atoms with Crippen LogP contribution >= 0.6 is 23.4 Å². The van der Waals surface area contributed by atoms with Gasteiger partial charge in [-0.15, -0.1) is 5.10 Å². The van der Waals surface area contributed by atoms with Gasteiger partial charge in [0.15, 0.2) is 27.3 Å². The van der Waals surface area contributed by atoms with Crippen LogP contribution in [0.2, 0.25) is 5.15 Å². The maximum Gasteiger partial charge on any atom is 0.191 e. The number of thioether (sulfide) groups is 1. The van der Waals surface area contributed by atoms with Gasteiger partial charge < -0.3 is 14.9 Å². The minimum atomic E-state index is -1.31. The second-order valence-electron chi connectivity index (χ2n) is 6.65. The SMILES string of the molecule is CCCSc1nc(Cl)c2nnn([C@H]3CC(OC(C)(C)O)[C@@H](O)C3)c2n1. The summed E-state index contributed by atoms with van der Waals surface area (Å²) in [7, 11) is 0. The Morgan fingerprint density at radius 3 is 2.80 bits per heavy atom. The van der Waals surface area contributed by atoms with Crippen molar-refractivity contribution in [3.8, 4) is 0 Å². The van der Waals surface area contributed by atoms with Crippen LogP contribution in [0.3, 0.4) is 0 Å². The lowest BCUT2D eigenvalue weighted by atomic mass is 10.2. The topological polar surface area (TPSA) is 106 Å². The van der Waals surface area contributed by atoms with Crippen molar-refractivity contribution in [3.63, 3.8) is 0 Å². The first kappa shape index (κ1) is 18.8. The predicted molar refractivity (Wildman–Crippen MR) is 94.6 cm³/mol. The number of hydrogen-bond acceptors (Lipinski definition) is 8. The van der Waals surface area contributed by atoms with E-state index in [1.807, 2.05) is 0 Å².